The van der Waals surface area contributed by atoms with Crippen molar-refractivity contribution < 1.29 is 9.90 Å². The second-order valence-electron chi connectivity index (χ2n) is 4.92. The maximum absolute atomic E-state index is 11.1. The Morgan fingerprint density at radius 1 is 1.32 bits per heavy atom. The van der Waals surface area contributed by atoms with Crippen molar-refractivity contribution in [1.82, 2.24) is 0 Å². The van der Waals surface area contributed by atoms with Gasteiger partial charge in [0.2, 0.25) is 0 Å². The number of nitrogen functional groups attached to an aromatic ring is 1. The van der Waals surface area contributed by atoms with Gasteiger partial charge in [-0.15, -0.1) is 11.3 Å². The van der Waals surface area contributed by atoms with Crippen LogP contribution in [0.3, 0.4) is 0 Å². The number of aromatic carboxylic acids is 1. The smallest absolute Gasteiger partial charge is 0.338 e. The molecule has 0 atom stereocenters. The largest absolute Gasteiger partial charge is 0.478 e. The Morgan fingerprint density at radius 2 is 2.00 bits per heavy atom. The molecule has 4 heteroatoms. The standard InChI is InChI=1S/C15H17NO2S/c1-8(2)10-5-4-9(3)11(6-10)13-7-12(15(17)18)14(16)19-13/h4-8H,16H2,1-3H3,(H,17,18). The zero-order valence-corrected chi connectivity index (χ0v) is 12.0. The van der Waals surface area contributed by atoms with Gasteiger partial charge in [-0.1, -0.05) is 26.0 Å². The van der Waals surface area contributed by atoms with Crippen molar-refractivity contribution >= 4 is 22.3 Å². The Bertz CT molecular complexity index is 629. The van der Waals surface area contributed by atoms with Gasteiger partial charge in [-0.05, 0) is 41.7 Å². The zero-order chi connectivity index (χ0) is 14.2. The molecule has 100 valence electrons. The van der Waals surface area contributed by atoms with E-state index >= 15 is 0 Å². The molecule has 3 nitrogen and oxygen atoms in total. The molecule has 0 saturated carbocycles. The number of aryl methyl sites for hydroxylation is 1. The molecule has 3 N–H and O–H groups in total. The first-order chi connectivity index (χ1) is 8.90. The fourth-order valence-corrected chi connectivity index (χ4v) is 2.97. The number of carboxylic acids is 1. The van der Waals surface area contributed by atoms with Crippen molar-refractivity contribution in [3.63, 3.8) is 0 Å². The molecular weight excluding hydrogens is 258 g/mol. The zero-order valence-electron chi connectivity index (χ0n) is 11.2. The van der Waals surface area contributed by atoms with Crippen LogP contribution >= 0.6 is 11.3 Å². The van der Waals surface area contributed by atoms with Crippen molar-refractivity contribution in [2.75, 3.05) is 5.73 Å². The number of carbonyl (C=O) groups is 1. The normalized spacial score (nSPS) is 10.9. The van der Waals surface area contributed by atoms with E-state index in [1.165, 1.54) is 16.9 Å². The molecule has 1 heterocycles. The van der Waals surface area contributed by atoms with E-state index in [1.54, 1.807) is 6.07 Å². The third kappa shape index (κ3) is 2.63. The van der Waals surface area contributed by atoms with E-state index in [4.69, 9.17) is 10.8 Å². The maximum Gasteiger partial charge on any atom is 0.338 e. The summed E-state index contributed by atoms with van der Waals surface area (Å²) in [5.74, 6) is -0.534. The Balaban J connectivity index is 2.55. The molecule has 0 bridgehead atoms. The molecule has 0 aliphatic carbocycles. The number of nitrogens with two attached hydrogens (primary N) is 1. The molecule has 0 aliphatic rings. The number of benzene rings is 1. The Labute approximate surface area is 116 Å². The quantitative estimate of drug-likeness (QED) is 0.885. The fourth-order valence-electron chi connectivity index (χ4n) is 1.97. The highest BCUT2D eigenvalue weighted by Gasteiger charge is 2.15. The molecule has 0 aliphatic heterocycles. The number of anilines is 1. The van der Waals surface area contributed by atoms with Crippen molar-refractivity contribution in [2.24, 2.45) is 0 Å². The average Bonchev–Trinajstić information content (AvgIpc) is 2.71. The van der Waals surface area contributed by atoms with Crippen LogP contribution in [0, 0.1) is 6.92 Å². The van der Waals surface area contributed by atoms with E-state index in [0.29, 0.717) is 10.9 Å². The fraction of sp³-hybridized carbons (Fsp3) is 0.267. The van der Waals surface area contributed by atoms with E-state index in [9.17, 15) is 4.79 Å². The van der Waals surface area contributed by atoms with Crippen LogP contribution in [-0.4, -0.2) is 11.1 Å². The van der Waals surface area contributed by atoms with Crippen LogP contribution in [0.4, 0.5) is 5.00 Å². The lowest BCUT2D eigenvalue weighted by atomic mass is 9.97. The number of hydrogen-bond donors (Lipinski definition) is 2. The summed E-state index contributed by atoms with van der Waals surface area (Å²) in [6.45, 7) is 6.30. The van der Waals surface area contributed by atoms with Crippen LogP contribution in [0.25, 0.3) is 10.4 Å². The van der Waals surface area contributed by atoms with Crippen LogP contribution in [0.1, 0.15) is 41.3 Å². The van der Waals surface area contributed by atoms with Gasteiger partial charge >= 0.3 is 5.97 Å². The molecule has 19 heavy (non-hydrogen) atoms. The lowest BCUT2D eigenvalue weighted by Crippen LogP contribution is -1.97. The van der Waals surface area contributed by atoms with E-state index in [1.807, 2.05) is 6.92 Å². The average molecular weight is 275 g/mol. The molecule has 0 spiro atoms. The summed E-state index contributed by atoms with van der Waals surface area (Å²) in [7, 11) is 0. The van der Waals surface area contributed by atoms with Crippen LogP contribution < -0.4 is 5.73 Å². The first kappa shape index (κ1) is 13.6. The molecule has 0 amide bonds. The molecule has 1 aromatic carbocycles. The second kappa shape index (κ2) is 5.05. The summed E-state index contributed by atoms with van der Waals surface area (Å²) in [4.78, 5) is 12.0. The number of carboxylic acid groups (broad SMARTS) is 1. The van der Waals surface area contributed by atoms with Crippen molar-refractivity contribution in [1.29, 1.82) is 0 Å². The van der Waals surface area contributed by atoms with Crippen LogP contribution in [0.2, 0.25) is 0 Å². The highest BCUT2D eigenvalue weighted by atomic mass is 32.1. The van der Waals surface area contributed by atoms with Gasteiger partial charge in [0.05, 0.1) is 5.56 Å². The van der Waals surface area contributed by atoms with Crippen molar-refractivity contribution in [3.05, 3.63) is 41.0 Å². The Kier molecular flexibility index (Phi) is 3.62. The van der Waals surface area contributed by atoms with Gasteiger partial charge in [-0.25, -0.2) is 4.79 Å². The second-order valence-corrected chi connectivity index (χ2v) is 6.01. The molecule has 0 saturated heterocycles. The van der Waals surface area contributed by atoms with E-state index in [2.05, 4.69) is 32.0 Å². The Morgan fingerprint density at radius 3 is 2.53 bits per heavy atom. The summed E-state index contributed by atoms with van der Waals surface area (Å²) in [6, 6.07) is 7.96. The predicted molar refractivity (Wildman–Crippen MR) is 80.0 cm³/mol. The van der Waals surface area contributed by atoms with Gasteiger partial charge in [0.15, 0.2) is 0 Å². The van der Waals surface area contributed by atoms with E-state index in [0.717, 1.165) is 16.0 Å². The summed E-state index contributed by atoms with van der Waals surface area (Å²) in [5.41, 5.74) is 9.39. The van der Waals surface area contributed by atoms with Crippen LogP contribution in [0.15, 0.2) is 24.3 Å². The molecule has 0 unspecified atom stereocenters. The summed E-state index contributed by atoms with van der Waals surface area (Å²) < 4.78 is 0. The monoisotopic (exact) mass is 275 g/mol. The van der Waals surface area contributed by atoms with Gasteiger partial charge < -0.3 is 10.8 Å². The summed E-state index contributed by atoms with van der Waals surface area (Å²) in [5, 5.41) is 9.42. The minimum atomic E-state index is -0.974. The summed E-state index contributed by atoms with van der Waals surface area (Å²) in [6.07, 6.45) is 0. The van der Waals surface area contributed by atoms with E-state index in [-0.39, 0.29) is 5.56 Å². The van der Waals surface area contributed by atoms with Crippen molar-refractivity contribution in [3.8, 4) is 10.4 Å². The lowest BCUT2D eigenvalue weighted by molar-refractivity contribution is 0.0698. The van der Waals surface area contributed by atoms with Crippen LogP contribution in [0.5, 0.6) is 0 Å². The van der Waals surface area contributed by atoms with Gasteiger partial charge in [0.1, 0.15) is 5.00 Å². The number of hydrogen-bond acceptors (Lipinski definition) is 3. The van der Waals surface area contributed by atoms with Gasteiger partial charge in [0.25, 0.3) is 0 Å². The molecule has 0 fully saturated rings. The number of rotatable bonds is 3. The highest BCUT2D eigenvalue weighted by Crippen LogP contribution is 2.36. The topological polar surface area (TPSA) is 63.3 Å². The maximum atomic E-state index is 11.1. The molecule has 0 radical (unpaired) electrons. The third-order valence-electron chi connectivity index (χ3n) is 3.18. The SMILES string of the molecule is Cc1ccc(C(C)C)cc1-c1cc(C(=O)O)c(N)s1. The summed E-state index contributed by atoms with van der Waals surface area (Å²) >= 11 is 1.33. The molecule has 1 aromatic heterocycles. The van der Waals surface area contributed by atoms with E-state index < -0.39 is 5.97 Å². The van der Waals surface area contributed by atoms with Crippen molar-refractivity contribution in [2.45, 2.75) is 26.7 Å². The predicted octanol–water partition coefficient (Wildman–Crippen LogP) is 4.13. The Hall–Kier alpha value is -1.81. The molecular formula is C15H17NO2S. The first-order valence-corrected chi connectivity index (χ1v) is 6.95. The molecule has 2 rings (SSSR count). The minimum absolute atomic E-state index is 0.189. The molecule has 2 aromatic rings. The lowest BCUT2D eigenvalue weighted by Gasteiger charge is -2.10. The minimum Gasteiger partial charge on any atom is -0.478 e. The van der Waals surface area contributed by atoms with Gasteiger partial charge in [0, 0.05) is 4.88 Å². The first-order valence-electron chi connectivity index (χ1n) is 6.13. The van der Waals surface area contributed by atoms with Crippen LogP contribution in [-0.2, 0) is 0 Å². The van der Waals surface area contributed by atoms with Gasteiger partial charge in [-0.3, -0.25) is 0 Å². The van der Waals surface area contributed by atoms with Gasteiger partial charge in [-0.2, -0.15) is 0 Å². The number of thiophene rings is 1. The third-order valence-corrected chi connectivity index (χ3v) is 4.18. The highest BCUT2D eigenvalue weighted by molar-refractivity contribution is 7.19.